The highest BCUT2D eigenvalue weighted by atomic mass is 35.5. The van der Waals surface area contributed by atoms with Gasteiger partial charge in [0, 0.05) is 11.6 Å². The average molecular weight is 326 g/mol. The van der Waals surface area contributed by atoms with Crippen LogP contribution in [0.3, 0.4) is 0 Å². The Kier molecular flexibility index (Phi) is 4.88. The second kappa shape index (κ2) is 6.65. The molecule has 0 aliphatic rings. The van der Waals surface area contributed by atoms with Crippen LogP contribution in [0.2, 0.25) is 10.0 Å². The molecule has 5 nitrogen and oxygen atoms in total. The first-order valence-corrected chi connectivity index (χ1v) is 7.02. The summed E-state index contributed by atoms with van der Waals surface area (Å²) in [6, 6.07) is 9.94. The van der Waals surface area contributed by atoms with Crippen LogP contribution in [-0.2, 0) is 0 Å². The van der Waals surface area contributed by atoms with Gasteiger partial charge in [0.2, 0.25) is 0 Å². The van der Waals surface area contributed by atoms with Gasteiger partial charge < -0.3 is 10.6 Å². The predicted molar refractivity (Wildman–Crippen MR) is 87.0 cm³/mol. The number of anilines is 3. The maximum atomic E-state index is 11.3. The molecule has 2 rings (SSSR count). The highest BCUT2D eigenvalue weighted by molar-refractivity contribution is 6.36. The fraction of sp³-hybridized carbons (Fsp3) is 0.143. The lowest BCUT2D eigenvalue weighted by atomic mass is 10.2. The van der Waals surface area contributed by atoms with Crippen molar-refractivity contribution in [3.8, 4) is 0 Å². The van der Waals surface area contributed by atoms with E-state index >= 15 is 0 Å². The van der Waals surface area contributed by atoms with Gasteiger partial charge in [-0.05, 0) is 37.3 Å². The van der Waals surface area contributed by atoms with E-state index in [1.54, 1.807) is 36.4 Å². The van der Waals surface area contributed by atoms with Crippen LogP contribution in [0.5, 0.6) is 0 Å². The molecule has 7 heteroatoms. The van der Waals surface area contributed by atoms with Gasteiger partial charge in [-0.1, -0.05) is 29.3 Å². The standard InChI is InChI=1S/C14H13Cl2N3O2/c1-2-17-12-4-3-5-13(14(12)19(20)21)18-11-7-6-9(15)8-10(11)16/h3-8,17-18H,2H2,1H3. The lowest BCUT2D eigenvalue weighted by Crippen LogP contribution is -2.04. The van der Waals surface area contributed by atoms with Gasteiger partial charge >= 0.3 is 5.69 Å². The Labute approximate surface area is 132 Å². The van der Waals surface area contributed by atoms with Gasteiger partial charge in [0.25, 0.3) is 0 Å². The fourth-order valence-electron chi connectivity index (χ4n) is 1.91. The highest BCUT2D eigenvalue weighted by Crippen LogP contribution is 2.36. The number of nitrogens with zero attached hydrogens (tertiary/aromatic N) is 1. The largest absolute Gasteiger partial charge is 0.380 e. The molecule has 0 fully saturated rings. The van der Waals surface area contributed by atoms with E-state index in [1.165, 1.54) is 0 Å². The van der Waals surface area contributed by atoms with Crippen molar-refractivity contribution in [1.29, 1.82) is 0 Å². The zero-order chi connectivity index (χ0) is 15.4. The second-order valence-electron chi connectivity index (χ2n) is 4.24. The van der Waals surface area contributed by atoms with Crippen molar-refractivity contribution < 1.29 is 4.92 Å². The zero-order valence-electron chi connectivity index (χ0n) is 11.2. The van der Waals surface area contributed by atoms with Crippen molar-refractivity contribution in [1.82, 2.24) is 0 Å². The molecule has 0 saturated heterocycles. The van der Waals surface area contributed by atoms with Gasteiger partial charge in [-0.3, -0.25) is 10.1 Å². The third-order valence-corrected chi connectivity index (χ3v) is 3.33. The maximum Gasteiger partial charge on any atom is 0.315 e. The van der Waals surface area contributed by atoms with Gasteiger partial charge in [0.05, 0.1) is 15.6 Å². The van der Waals surface area contributed by atoms with E-state index in [9.17, 15) is 10.1 Å². The Morgan fingerprint density at radius 1 is 1.14 bits per heavy atom. The Hall–Kier alpha value is -1.98. The normalized spacial score (nSPS) is 10.2. The monoisotopic (exact) mass is 325 g/mol. The number of hydrogen-bond acceptors (Lipinski definition) is 4. The first-order valence-electron chi connectivity index (χ1n) is 6.26. The molecular weight excluding hydrogens is 313 g/mol. The number of hydrogen-bond donors (Lipinski definition) is 2. The van der Waals surface area contributed by atoms with Crippen LogP contribution in [0.15, 0.2) is 36.4 Å². The number of nitro groups is 1. The summed E-state index contributed by atoms with van der Waals surface area (Å²) >= 11 is 11.9. The van der Waals surface area contributed by atoms with Crippen LogP contribution < -0.4 is 10.6 Å². The number of nitrogens with one attached hydrogen (secondary N) is 2. The van der Waals surface area contributed by atoms with E-state index in [0.29, 0.717) is 33.7 Å². The van der Waals surface area contributed by atoms with Crippen molar-refractivity contribution in [3.05, 3.63) is 56.6 Å². The fourth-order valence-corrected chi connectivity index (χ4v) is 2.37. The quantitative estimate of drug-likeness (QED) is 0.594. The maximum absolute atomic E-state index is 11.3. The predicted octanol–water partition coefficient (Wildman–Crippen LogP) is 5.08. The minimum Gasteiger partial charge on any atom is -0.380 e. The number of para-hydroxylation sites is 1. The summed E-state index contributed by atoms with van der Waals surface area (Å²) in [5, 5.41) is 18.2. The molecule has 2 N–H and O–H groups in total. The van der Waals surface area contributed by atoms with Gasteiger partial charge in [0.1, 0.15) is 11.4 Å². The van der Waals surface area contributed by atoms with E-state index in [0.717, 1.165) is 0 Å². The van der Waals surface area contributed by atoms with E-state index in [-0.39, 0.29) is 5.69 Å². The summed E-state index contributed by atoms with van der Waals surface area (Å²) in [5.74, 6) is 0. The van der Waals surface area contributed by atoms with E-state index in [2.05, 4.69) is 10.6 Å². The van der Waals surface area contributed by atoms with Crippen LogP contribution in [-0.4, -0.2) is 11.5 Å². The van der Waals surface area contributed by atoms with Gasteiger partial charge in [0.15, 0.2) is 0 Å². The minimum absolute atomic E-state index is 0.0228. The molecule has 0 unspecified atom stereocenters. The minimum atomic E-state index is -0.426. The summed E-state index contributed by atoms with van der Waals surface area (Å²) in [5.41, 5.74) is 1.35. The molecule has 2 aromatic rings. The van der Waals surface area contributed by atoms with Crippen molar-refractivity contribution in [2.24, 2.45) is 0 Å². The van der Waals surface area contributed by atoms with Gasteiger partial charge in [-0.25, -0.2) is 0 Å². The van der Waals surface area contributed by atoms with E-state index in [4.69, 9.17) is 23.2 Å². The topological polar surface area (TPSA) is 67.2 Å². The molecule has 0 atom stereocenters. The van der Waals surface area contributed by atoms with Crippen LogP contribution in [0, 0.1) is 10.1 Å². The molecule has 0 aromatic heterocycles. The van der Waals surface area contributed by atoms with Gasteiger partial charge in [-0.2, -0.15) is 0 Å². The summed E-state index contributed by atoms with van der Waals surface area (Å²) in [6.45, 7) is 2.46. The van der Waals surface area contributed by atoms with Crippen LogP contribution in [0.4, 0.5) is 22.7 Å². The average Bonchev–Trinajstić information content (AvgIpc) is 2.42. The Morgan fingerprint density at radius 2 is 1.86 bits per heavy atom. The van der Waals surface area contributed by atoms with Crippen LogP contribution >= 0.6 is 23.2 Å². The molecule has 2 aromatic carbocycles. The molecule has 0 aliphatic heterocycles. The first kappa shape index (κ1) is 15.4. The number of rotatable bonds is 5. The molecule has 0 radical (unpaired) electrons. The summed E-state index contributed by atoms with van der Waals surface area (Å²) in [7, 11) is 0. The number of nitro benzene ring substituents is 1. The second-order valence-corrected chi connectivity index (χ2v) is 5.08. The third-order valence-electron chi connectivity index (χ3n) is 2.79. The smallest absolute Gasteiger partial charge is 0.315 e. The Bertz CT molecular complexity index is 677. The molecule has 0 heterocycles. The summed E-state index contributed by atoms with van der Waals surface area (Å²) < 4.78 is 0. The van der Waals surface area contributed by atoms with Crippen molar-refractivity contribution in [2.75, 3.05) is 17.2 Å². The number of halogens is 2. The highest BCUT2D eigenvalue weighted by Gasteiger charge is 2.19. The summed E-state index contributed by atoms with van der Waals surface area (Å²) in [6.07, 6.45) is 0. The van der Waals surface area contributed by atoms with Gasteiger partial charge in [-0.15, -0.1) is 0 Å². The molecule has 0 saturated carbocycles. The Balaban J connectivity index is 2.43. The van der Waals surface area contributed by atoms with Crippen molar-refractivity contribution in [2.45, 2.75) is 6.92 Å². The molecule has 0 aliphatic carbocycles. The number of benzene rings is 2. The van der Waals surface area contributed by atoms with Crippen LogP contribution in [0.25, 0.3) is 0 Å². The zero-order valence-corrected chi connectivity index (χ0v) is 12.7. The lowest BCUT2D eigenvalue weighted by Gasteiger charge is -2.12. The van der Waals surface area contributed by atoms with E-state index < -0.39 is 4.92 Å². The van der Waals surface area contributed by atoms with Crippen molar-refractivity contribution >= 4 is 46.0 Å². The molecule has 0 bridgehead atoms. The Morgan fingerprint density at radius 3 is 2.48 bits per heavy atom. The van der Waals surface area contributed by atoms with Crippen molar-refractivity contribution in [3.63, 3.8) is 0 Å². The van der Waals surface area contributed by atoms with Crippen LogP contribution in [0.1, 0.15) is 6.92 Å². The lowest BCUT2D eigenvalue weighted by molar-refractivity contribution is -0.383. The molecule has 0 amide bonds. The molecular formula is C14H13Cl2N3O2. The first-order chi connectivity index (χ1) is 10.0. The third kappa shape index (κ3) is 3.56. The molecule has 21 heavy (non-hydrogen) atoms. The van der Waals surface area contributed by atoms with E-state index in [1.807, 2.05) is 6.92 Å². The SMILES string of the molecule is CCNc1cccc(Nc2ccc(Cl)cc2Cl)c1[N+](=O)[O-]. The molecule has 0 spiro atoms. The summed E-state index contributed by atoms with van der Waals surface area (Å²) in [4.78, 5) is 10.9. The molecule has 110 valence electrons.